The molecule has 0 spiro atoms. The van der Waals surface area contributed by atoms with E-state index in [9.17, 15) is 14.9 Å². The Hall–Kier alpha value is -1.66. The van der Waals surface area contributed by atoms with Crippen molar-refractivity contribution in [3.63, 3.8) is 0 Å². The molecule has 0 bridgehead atoms. The molecule has 2 fully saturated rings. The summed E-state index contributed by atoms with van der Waals surface area (Å²) in [5, 5.41) is 13.7. The van der Waals surface area contributed by atoms with E-state index in [0.717, 1.165) is 24.9 Å². The molecule has 1 saturated carbocycles. The lowest BCUT2D eigenvalue weighted by Gasteiger charge is -2.41. The number of rotatable bonds is 4. The third kappa shape index (κ3) is 4.05. The molecule has 1 heterocycles. The average molecular weight is 352 g/mol. The fourth-order valence-electron chi connectivity index (χ4n) is 3.93. The zero-order chi connectivity index (χ0) is 17.1. The van der Waals surface area contributed by atoms with Gasteiger partial charge in [-0.2, -0.15) is 0 Å². The normalized spacial score (nSPS) is 24.2. The Bertz CT molecular complexity index is 638. The van der Waals surface area contributed by atoms with Gasteiger partial charge in [0.1, 0.15) is 0 Å². The van der Waals surface area contributed by atoms with Gasteiger partial charge in [-0.05, 0) is 37.3 Å². The molecular formula is C17H22ClN3O3. The molecule has 1 aliphatic carbocycles. The Morgan fingerprint density at radius 1 is 1.29 bits per heavy atom. The number of anilines is 1. The number of hydrogen-bond acceptors (Lipinski definition) is 4. The molecular weight excluding hydrogens is 330 g/mol. The van der Waals surface area contributed by atoms with Crippen LogP contribution in [0, 0.1) is 22.0 Å². The van der Waals surface area contributed by atoms with Crippen molar-refractivity contribution in [1.29, 1.82) is 0 Å². The molecule has 1 saturated heterocycles. The smallest absolute Gasteiger partial charge is 0.271 e. The molecule has 1 amide bonds. The Morgan fingerprint density at radius 2 is 2.04 bits per heavy atom. The van der Waals surface area contributed by atoms with Gasteiger partial charge in [-0.1, -0.05) is 30.9 Å². The van der Waals surface area contributed by atoms with Crippen LogP contribution in [0.4, 0.5) is 11.4 Å². The van der Waals surface area contributed by atoms with Crippen LogP contribution in [0.1, 0.15) is 32.1 Å². The van der Waals surface area contributed by atoms with Gasteiger partial charge in [-0.25, -0.2) is 0 Å². The predicted molar refractivity (Wildman–Crippen MR) is 93.2 cm³/mol. The van der Waals surface area contributed by atoms with E-state index in [1.165, 1.54) is 50.3 Å². The van der Waals surface area contributed by atoms with E-state index >= 15 is 0 Å². The molecule has 2 atom stereocenters. The van der Waals surface area contributed by atoms with Crippen molar-refractivity contribution in [3.8, 4) is 0 Å². The monoisotopic (exact) mass is 351 g/mol. The first-order chi connectivity index (χ1) is 11.5. The van der Waals surface area contributed by atoms with E-state index in [4.69, 9.17) is 11.6 Å². The van der Waals surface area contributed by atoms with Gasteiger partial charge < -0.3 is 5.32 Å². The number of likely N-dealkylation sites (tertiary alicyclic amines) is 1. The summed E-state index contributed by atoms with van der Waals surface area (Å²) in [4.78, 5) is 24.7. The van der Waals surface area contributed by atoms with E-state index in [1.807, 2.05) is 0 Å². The molecule has 0 radical (unpaired) electrons. The van der Waals surface area contributed by atoms with Crippen LogP contribution in [0.25, 0.3) is 0 Å². The number of piperidine rings is 1. The molecule has 7 heteroatoms. The highest BCUT2D eigenvalue weighted by Crippen LogP contribution is 2.36. The molecule has 3 rings (SSSR count). The maximum atomic E-state index is 12.3. The Kier molecular flexibility index (Phi) is 5.36. The van der Waals surface area contributed by atoms with Crippen LogP contribution in [0.5, 0.6) is 0 Å². The van der Waals surface area contributed by atoms with Crippen molar-refractivity contribution in [2.45, 2.75) is 32.1 Å². The number of benzene rings is 1. The second kappa shape index (κ2) is 7.49. The lowest BCUT2D eigenvalue weighted by molar-refractivity contribution is -0.384. The minimum atomic E-state index is -0.508. The van der Waals surface area contributed by atoms with Gasteiger partial charge in [0, 0.05) is 18.7 Å². The number of non-ortho nitro benzene ring substituents is 1. The summed E-state index contributed by atoms with van der Waals surface area (Å²) in [5.74, 6) is 1.44. The number of nitro groups is 1. The van der Waals surface area contributed by atoms with Crippen LogP contribution in [0.15, 0.2) is 18.2 Å². The van der Waals surface area contributed by atoms with Crippen LogP contribution >= 0.6 is 11.6 Å². The quantitative estimate of drug-likeness (QED) is 0.663. The fourth-order valence-corrected chi connectivity index (χ4v) is 4.15. The first-order valence-corrected chi connectivity index (χ1v) is 8.87. The number of carbonyl (C=O) groups excluding carboxylic acids is 1. The minimum absolute atomic E-state index is 0.0858. The van der Waals surface area contributed by atoms with Crippen LogP contribution in [0.3, 0.4) is 0 Å². The lowest BCUT2D eigenvalue weighted by atomic mass is 9.75. The lowest BCUT2D eigenvalue weighted by Crippen LogP contribution is -2.44. The predicted octanol–water partition coefficient (Wildman–Crippen LogP) is 3.70. The van der Waals surface area contributed by atoms with Crippen LogP contribution < -0.4 is 5.32 Å². The number of amides is 1. The van der Waals surface area contributed by atoms with Crippen molar-refractivity contribution in [2.24, 2.45) is 11.8 Å². The maximum Gasteiger partial charge on any atom is 0.271 e. The van der Waals surface area contributed by atoms with Crippen LogP contribution in [-0.2, 0) is 4.79 Å². The van der Waals surface area contributed by atoms with E-state index in [1.54, 1.807) is 0 Å². The van der Waals surface area contributed by atoms with E-state index < -0.39 is 4.92 Å². The number of hydrogen-bond donors (Lipinski definition) is 1. The third-order valence-electron chi connectivity index (χ3n) is 5.18. The van der Waals surface area contributed by atoms with E-state index in [2.05, 4.69) is 10.2 Å². The molecule has 1 aromatic rings. The van der Waals surface area contributed by atoms with E-state index in [0.29, 0.717) is 12.2 Å². The topological polar surface area (TPSA) is 75.5 Å². The molecule has 0 unspecified atom stereocenters. The summed E-state index contributed by atoms with van der Waals surface area (Å²) < 4.78 is 0. The second-order valence-electron chi connectivity index (χ2n) is 6.80. The molecule has 1 aromatic carbocycles. The van der Waals surface area contributed by atoms with Gasteiger partial charge in [0.25, 0.3) is 5.69 Å². The number of nitro benzene ring substituents is 1. The largest absolute Gasteiger partial charge is 0.324 e. The number of halogens is 1. The van der Waals surface area contributed by atoms with Crippen molar-refractivity contribution in [3.05, 3.63) is 33.3 Å². The molecule has 130 valence electrons. The van der Waals surface area contributed by atoms with Crippen molar-refractivity contribution >= 4 is 28.9 Å². The van der Waals surface area contributed by atoms with Crippen LogP contribution in [-0.4, -0.2) is 35.4 Å². The van der Waals surface area contributed by atoms with Gasteiger partial charge in [-0.3, -0.25) is 19.8 Å². The highest BCUT2D eigenvalue weighted by Gasteiger charge is 2.31. The number of carbonyl (C=O) groups is 1. The fraction of sp³-hybridized carbons (Fsp3) is 0.588. The molecule has 2 aliphatic rings. The first-order valence-electron chi connectivity index (χ1n) is 8.49. The number of fused-ring (bicyclic) bond motifs is 1. The van der Waals surface area contributed by atoms with E-state index in [-0.39, 0.29) is 16.6 Å². The van der Waals surface area contributed by atoms with Crippen molar-refractivity contribution in [2.75, 3.05) is 25.0 Å². The Labute approximate surface area is 146 Å². The van der Waals surface area contributed by atoms with Gasteiger partial charge >= 0.3 is 0 Å². The number of nitrogens with one attached hydrogen (secondary N) is 1. The number of nitrogens with zero attached hydrogens (tertiary/aromatic N) is 2. The SMILES string of the molecule is O=C(CN1CC[C@H]2CCCC[C@@H]2C1)Nc1ccc([N+](=O)[O-])cc1Cl. The van der Waals surface area contributed by atoms with Crippen molar-refractivity contribution < 1.29 is 9.72 Å². The van der Waals surface area contributed by atoms with Crippen molar-refractivity contribution in [1.82, 2.24) is 4.90 Å². The summed E-state index contributed by atoms with van der Waals surface area (Å²) in [7, 11) is 0. The molecule has 24 heavy (non-hydrogen) atoms. The standard InChI is InChI=1S/C17H22ClN3O3/c18-15-9-14(21(23)24)5-6-16(15)19-17(22)11-20-8-7-12-3-1-2-4-13(12)10-20/h5-6,9,12-13H,1-4,7-8,10-11H2,(H,19,22)/t12-,13-/m1/s1. The Balaban J connectivity index is 1.55. The Morgan fingerprint density at radius 3 is 2.75 bits per heavy atom. The third-order valence-corrected chi connectivity index (χ3v) is 5.49. The summed E-state index contributed by atoms with van der Waals surface area (Å²) in [5.41, 5.74) is 0.331. The van der Waals surface area contributed by atoms with Gasteiger partial charge in [-0.15, -0.1) is 0 Å². The molecule has 6 nitrogen and oxygen atoms in total. The van der Waals surface area contributed by atoms with Gasteiger partial charge in [0.2, 0.25) is 5.91 Å². The molecule has 1 aliphatic heterocycles. The minimum Gasteiger partial charge on any atom is -0.324 e. The zero-order valence-electron chi connectivity index (χ0n) is 13.5. The second-order valence-corrected chi connectivity index (χ2v) is 7.21. The molecule has 1 N–H and O–H groups in total. The zero-order valence-corrected chi connectivity index (χ0v) is 14.3. The average Bonchev–Trinajstić information content (AvgIpc) is 2.56. The summed E-state index contributed by atoms with van der Waals surface area (Å²) in [6.45, 7) is 2.30. The highest BCUT2D eigenvalue weighted by atomic mass is 35.5. The maximum absolute atomic E-state index is 12.3. The molecule has 0 aromatic heterocycles. The summed E-state index contributed by atoms with van der Waals surface area (Å²) in [6, 6.07) is 4.07. The first kappa shape index (κ1) is 17.2. The van der Waals surface area contributed by atoms with Crippen LogP contribution in [0.2, 0.25) is 5.02 Å². The summed E-state index contributed by atoms with van der Waals surface area (Å²) >= 11 is 6.02. The van der Waals surface area contributed by atoms with Gasteiger partial charge in [0.15, 0.2) is 0 Å². The highest BCUT2D eigenvalue weighted by molar-refractivity contribution is 6.34. The summed E-state index contributed by atoms with van der Waals surface area (Å²) in [6.07, 6.45) is 6.44. The van der Waals surface area contributed by atoms with Gasteiger partial charge in [0.05, 0.1) is 22.2 Å².